The molecule has 5 N–H and O–H groups in total. The van der Waals surface area contributed by atoms with E-state index >= 15 is 0 Å². The molecule has 0 aliphatic carbocycles. The minimum Gasteiger partial charge on any atom is -0.508 e. The molecule has 0 aliphatic rings. The summed E-state index contributed by atoms with van der Waals surface area (Å²) in [6, 6.07) is 6.19. The van der Waals surface area contributed by atoms with Crippen molar-refractivity contribution in [1.29, 1.82) is 0 Å². The molecule has 1 rings (SSSR count). The molecule has 0 unspecified atom stereocenters. The minimum absolute atomic E-state index is 0.0643. The zero-order chi connectivity index (χ0) is 11.5. The standard InChI is InChI=1S/C9H14NO4P/c10-6-9(15(12,13)14)5-7-1-3-8(11)4-2-7/h1-4,9,11H,5-6,10H2,(H2,12,13,14)/t9-/m1/s1. The van der Waals surface area contributed by atoms with Crippen molar-refractivity contribution in [1.82, 2.24) is 0 Å². The number of phenolic OH excluding ortho intramolecular Hbond substituents is 1. The van der Waals surface area contributed by atoms with Crippen LogP contribution in [0.1, 0.15) is 5.56 Å². The average molecular weight is 231 g/mol. The van der Waals surface area contributed by atoms with Crippen LogP contribution in [0.5, 0.6) is 5.75 Å². The molecule has 0 saturated carbocycles. The number of phenols is 1. The monoisotopic (exact) mass is 231 g/mol. The van der Waals surface area contributed by atoms with Crippen LogP contribution in [-0.2, 0) is 11.0 Å². The number of hydrogen-bond acceptors (Lipinski definition) is 3. The van der Waals surface area contributed by atoms with E-state index in [9.17, 15) is 4.57 Å². The normalized spacial score (nSPS) is 13.8. The van der Waals surface area contributed by atoms with E-state index in [0.717, 1.165) is 5.56 Å². The molecule has 1 aromatic rings. The van der Waals surface area contributed by atoms with Gasteiger partial charge < -0.3 is 20.6 Å². The number of nitrogens with two attached hydrogens (primary N) is 1. The number of rotatable bonds is 4. The van der Waals surface area contributed by atoms with Gasteiger partial charge in [-0.2, -0.15) is 0 Å². The highest BCUT2D eigenvalue weighted by atomic mass is 31.2. The topological polar surface area (TPSA) is 104 Å². The Labute approximate surface area is 87.7 Å². The SMILES string of the molecule is NC[C@@H](Cc1ccc(O)cc1)P(=O)(O)O. The van der Waals surface area contributed by atoms with E-state index in [2.05, 4.69) is 0 Å². The molecule has 0 aromatic heterocycles. The van der Waals surface area contributed by atoms with Crippen LogP contribution in [0.4, 0.5) is 0 Å². The van der Waals surface area contributed by atoms with Gasteiger partial charge in [0.15, 0.2) is 0 Å². The molecule has 0 radical (unpaired) electrons. The molecule has 0 fully saturated rings. The molecule has 1 atom stereocenters. The highest BCUT2D eigenvalue weighted by molar-refractivity contribution is 7.52. The molecule has 15 heavy (non-hydrogen) atoms. The highest BCUT2D eigenvalue weighted by Gasteiger charge is 2.27. The Bertz CT molecular complexity index is 359. The van der Waals surface area contributed by atoms with Crippen molar-refractivity contribution in [3.05, 3.63) is 29.8 Å². The summed E-state index contributed by atoms with van der Waals surface area (Å²) in [4.78, 5) is 18.0. The summed E-state index contributed by atoms with van der Waals surface area (Å²) < 4.78 is 11.0. The van der Waals surface area contributed by atoms with Gasteiger partial charge >= 0.3 is 7.60 Å². The van der Waals surface area contributed by atoms with Gasteiger partial charge in [-0.25, -0.2) is 0 Å². The molecule has 0 amide bonds. The Hall–Kier alpha value is -0.870. The molecule has 84 valence electrons. The van der Waals surface area contributed by atoms with E-state index < -0.39 is 13.3 Å². The van der Waals surface area contributed by atoms with E-state index in [-0.39, 0.29) is 18.7 Å². The first-order chi connectivity index (χ1) is 6.93. The largest absolute Gasteiger partial charge is 0.508 e. The lowest BCUT2D eigenvalue weighted by molar-refractivity contribution is 0.357. The maximum Gasteiger partial charge on any atom is 0.330 e. The molecular weight excluding hydrogens is 217 g/mol. The quantitative estimate of drug-likeness (QED) is 0.563. The Morgan fingerprint density at radius 2 is 1.80 bits per heavy atom. The molecule has 0 spiro atoms. The fourth-order valence-corrected chi connectivity index (χ4v) is 1.97. The predicted octanol–water partition coefficient (Wildman–Crippen LogP) is 0.440. The molecular formula is C9H14NO4P. The zero-order valence-corrected chi connectivity index (χ0v) is 8.97. The fourth-order valence-electron chi connectivity index (χ4n) is 1.24. The van der Waals surface area contributed by atoms with Crippen LogP contribution in [0, 0.1) is 0 Å². The molecule has 0 saturated heterocycles. The molecule has 0 aliphatic heterocycles. The Morgan fingerprint density at radius 1 is 1.27 bits per heavy atom. The van der Waals surface area contributed by atoms with Gasteiger partial charge in [0.2, 0.25) is 0 Å². The van der Waals surface area contributed by atoms with Gasteiger partial charge in [-0.05, 0) is 24.1 Å². The van der Waals surface area contributed by atoms with Gasteiger partial charge in [-0.3, -0.25) is 4.57 Å². The van der Waals surface area contributed by atoms with Crippen molar-refractivity contribution in [2.24, 2.45) is 5.73 Å². The molecule has 0 bridgehead atoms. The second kappa shape index (κ2) is 4.77. The van der Waals surface area contributed by atoms with Crippen molar-refractivity contribution in [3.8, 4) is 5.75 Å². The summed E-state index contributed by atoms with van der Waals surface area (Å²) in [6.07, 6.45) is 0.209. The first-order valence-electron chi connectivity index (χ1n) is 4.46. The second-order valence-electron chi connectivity index (χ2n) is 3.35. The van der Waals surface area contributed by atoms with Crippen LogP contribution in [0.2, 0.25) is 0 Å². The van der Waals surface area contributed by atoms with Gasteiger partial charge in [0, 0.05) is 6.54 Å². The maximum absolute atomic E-state index is 11.0. The maximum atomic E-state index is 11.0. The van der Waals surface area contributed by atoms with Crippen molar-refractivity contribution in [3.63, 3.8) is 0 Å². The van der Waals surface area contributed by atoms with Crippen LogP contribution in [-0.4, -0.2) is 27.1 Å². The lowest BCUT2D eigenvalue weighted by Gasteiger charge is -2.16. The lowest BCUT2D eigenvalue weighted by atomic mass is 10.1. The van der Waals surface area contributed by atoms with Crippen LogP contribution in [0.15, 0.2) is 24.3 Å². The van der Waals surface area contributed by atoms with E-state index in [1.165, 1.54) is 12.1 Å². The summed E-state index contributed by atoms with van der Waals surface area (Å²) >= 11 is 0. The highest BCUT2D eigenvalue weighted by Crippen LogP contribution is 2.42. The van der Waals surface area contributed by atoms with Crippen LogP contribution >= 0.6 is 7.60 Å². The smallest absolute Gasteiger partial charge is 0.330 e. The summed E-state index contributed by atoms with van der Waals surface area (Å²) in [5.41, 5.74) is 5.18. The number of benzene rings is 1. The summed E-state index contributed by atoms with van der Waals surface area (Å²) in [5, 5.41) is 9.03. The molecule has 0 heterocycles. The van der Waals surface area contributed by atoms with Gasteiger partial charge in [0.25, 0.3) is 0 Å². The van der Waals surface area contributed by atoms with Crippen molar-refractivity contribution >= 4 is 7.60 Å². The fraction of sp³-hybridized carbons (Fsp3) is 0.333. The van der Waals surface area contributed by atoms with E-state index in [0.29, 0.717) is 0 Å². The Morgan fingerprint density at radius 3 is 2.20 bits per heavy atom. The van der Waals surface area contributed by atoms with E-state index in [1.54, 1.807) is 12.1 Å². The minimum atomic E-state index is -4.14. The van der Waals surface area contributed by atoms with Crippen LogP contribution in [0.25, 0.3) is 0 Å². The third kappa shape index (κ3) is 3.64. The molecule has 5 nitrogen and oxygen atoms in total. The number of hydrogen-bond donors (Lipinski definition) is 4. The van der Waals surface area contributed by atoms with Crippen molar-refractivity contribution in [2.75, 3.05) is 6.54 Å². The van der Waals surface area contributed by atoms with Gasteiger partial charge in [-0.15, -0.1) is 0 Å². The van der Waals surface area contributed by atoms with E-state index in [4.69, 9.17) is 20.6 Å². The zero-order valence-electron chi connectivity index (χ0n) is 8.08. The summed E-state index contributed by atoms with van der Waals surface area (Å²) in [5.74, 6) is 0.124. The lowest BCUT2D eigenvalue weighted by Crippen LogP contribution is -2.22. The van der Waals surface area contributed by atoms with Crippen LogP contribution < -0.4 is 5.73 Å². The summed E-state index contributed by atoms with van der Waals surface area (Å²) in [7, 11) is -4.14. The molecule has 1 aromatic carbocycles. The van der Waals surface area contributed by atoms with Gasteiger partial charge in [0.05, 0.1) is 5.66 Å². The van der Waals surface area contributed by atoms with Gasteiger partial charge in [-0.1, -0.05) is 12.1 Å². The average Bonchev–Trinajstić information content (AvgIpc) is 2.15. The number of aromatic hydroxyl groups is 1. The van der Waals surface area contributed by atoms with Crippen molar-refractivity contribution in [2.45, 2.75) is 12.1 Å². The van der Waals surface area contributed by atoms with E-state index in [1.807, 2.05) is 0 Å². The Kier molecular flexibility index (Phi) is 3.88. The van der Waals surface area contributed by atoms with Crippen molar-refractivity contribution < 1.29 is 19.5 Å². The summed E-state index contributed by atoms with van der Waals surface area (Å²) in [6.45, 7) is -0.0643. The van der Waals surface area contributed by atoms with Gasteiger partial charge in [0.1, 0.15) is 5.75 Å². The first kappa shape index (κ1) is 12.2. The second-order valence-corrected chi connectivity index (χ2v) is 5.26. The predicted molar refractivity (Wildman–Crippen MR) is 56.7 cm³/mol. The third-order valence-corrected chi connectivity index (χ3v) is 3.50. The van der Waals surface area contributed by atoms with Crippen LogP contribution in [0.3, 0.4) is 0 Å². The molecule has 6 heteroatoms. The first-order valence-corrected chi connectivity index (χ1v) is 6.15. The third-order valence-electron chi connectivity index (χ3n) is 2.16. The Balaban J connectivity index is 2.76.